The maximum atomic E-state index is 10.9. The number of carbonyl (C=O) groups excluding carboxylic acids is 1. The summed E-state index contributed by atoms with van der Waals surface area (Å²) in [5.74, 6) is -1.05. The largest absolute Gasteiger partial charge is 0.478 e. The van der Waals surface area contributed by atoms with E-state index in [1.165, 1.54) is 12.3 Å². The van der Waals surface area contributed by atoms with Gasteiger partial charge in [-0.25, -0.2) is 4.79 Å². The Balaban J connectivity index is 2.88. The molecule has 0 atom stereocenters. The van der Waals surface area contributed by atoms with Crippen molar-refractivity contribution in [2.45, 2.75) is 0 Å². The second kappa shape index (κ2) is 3.49. The minimum Gasteiger partial charge on any atom is -0.478 e. The number of fused-ring (bicyclic) bond motifs is 1. The van der Waals surface area contributed by atoms with Gasteiger partial charge in [0.05, 0.1) is 11.1 Å². The SMILES string of the molecule is O=Cc1ccnc2c(C(=O)O)cccc12. The van der Waals surface area contributed by atoms with E-state index >= 15 is 0 Å². The zero-order valence-corrected chi connectivity index (χ0v) is 7.68. The number of nitrogens with zero attached hydrogens (tertiary/aromatic N) is 1. The lowest BCUT2D eigenvalue weighted by Crippen LogP contribution is -1.99. The van der Waals surface area contributed by atoms with Crippen LogP contribution in [0.25, 0.3) is 10.9 Å². The number of aromatic nitrogens is 1. The highest BCUT2D eigenvalue weighted by atomic mass is 16.4. The van der Waals surface area contributed by atoms with Gasteiger partial charge in [-0.15, -0.1) is 0 Å². The van der Waals surface area contributed by atoms with Gasteiger partial charge < -0.3 is 5.11 Å². The lowest BCUT2D eigenvalue weighted by atomic mass is 10.1. The van der Waals surface area contributed by atoms with Crippen LogP contribution in [0.2, 0.25) is 0 Å². The van der Waals surface area contributed by atoms with Crippen LogP contribution in [0.15, 0.2) is 30.5 Å². The van der Waals surface area contributed by atoms with E-state index in [0.717, 1.165) is 0 Å². The molecule has 0 aliphatic carbocycles. The lowest BCUT2D eigenvalue weighted by Gasteiger charge is -2.02. The Hall–Kier alpha value is -2.23. The quantitative estimate of drug-likeness (QED) is 0.751. The molecule has 0 radical (unpaired) electrons. The summed E-state index contributed by atoms with van der Waals surface area (Å²) in [6.07, 6.45) is 2.12. The Kier molecular flexibility index (Phi) is 2.17. The zero-order chi connectivity index (χ0) is 10.8. The molecule has 0 fully saturated rings. The monoisotopic (exact) mass is 201 g/mol. The Labute approximate surface area is 85.2 Å². The zero-order valence-electron chi connectivity index (χ0n) is 7.68. The van der Waals surface area contributed by atoms with E-state index in [1.54, 1.807) is 18.2 Å². The van der Waals surface area contributed by atoms with Crippen LogP contribution in [0.1, 0.15) is 20.7 Å². The van der Waals surface area contributed by atoms with Crippen LogP contribution in [0.3, 0.4) is 0 Å². The normalized spacial score (nSPS) is 10.1. The lowest BCUT2D eigenvalue weighted by molar-refractivity contribution is 0.0698. The van der Waals surface area contributed by atoms with Crippen LogP contribution in [0.5, 0.6) is 0 Å². The number of carbonyl (C=O) groups is 2. The van der Waals surface area contributed by atoms with Gasteiger partial charge in [0.1, 0.15) is 0 Å². The van der Waals surface area contributed by atoms with Crippen molar-refractivity contribution in [2.75, 3.05) is 0 Å². The van der Waals surface area contributed by atoms with Gasteiger partial charge in [0, 0.05) is 17.1 Å². The molecule has 0 saturated carbocycles. The molecule has 1 N–H and O–H groups in total. The third-order valence-electron chi connectivity index (χ3n) is 2.16. The van der Waals surface area contributed by atoms with Gasteiger partial charge in [0.2, 0.25) is 0 Å². The maximum Gasteiger partial charge on any atom is 0.337 e. The number of para-hydroxylation sites is 1. The fraction of sp³-hybridized carbons (Fsp3) is 0. The van der Waals surface area contributed by atoms with E-state index in [1.807, 2.05) is 0 Å². The average molecular weight is 201 g/mol. The minimum atomic E-state index is -1.05. The third kappa shape index (κ3) is 1.46. The van der Waals surface area contributed by atoms with Crippen molar-refractivity contribution in [2.24, 2.45) is 0 Å². The van der Waals surface area contributed by atoms with Crippen LogP contribution in [0.4, 0.5) is 0 Å². The van der Waals surface area contributed by atoms with Crippen molar-refractivity contribution in [3.63, 3.8) is 0 Å². The first-order valence-corrected chi connectivity index (χ1v) is 4.30. The Morgan fingerprint density at radius 1 is 1.33 bits per heavy atom. The summed E-state index contributed by atoms with van der Waals surface area (Å²) >= 11 is 0. The molecule has 0 amide bonds. The molecule has 74 valence electrons. The maximum absolute atomic E-state index is 10.9. The molecule has 2 aromatic rings. The molecular weight excluding hydrogens is 194 g/mol. The van der Waals surface area contributed by atoms with Gasteiger partial charge >= 0.3 is 5.97 Å². The number of aromatic carboxylic acids is 1. The van der Waals surface area contributed by atoms with Crippen molar-refractivity contribution in [3.05, 3.63) is 41.6 Å². The highest BCUT2D eigenvalue weighted by Gasteiger charge is 2.10. The molecule has 0 unspecified atom stereocenters. The van der Waals surface area contributed by atoms with Crippen molar-refractivity contribution in [1.82, 2.24) is 4.98 Å². The van der Waals surface area contributed by atoms with Gasteiger partial charge in [-0.2, -0.15) is 0 Å². The van der Waals surface area contributed by atoms with Crippen LogP contribution < -0.4 is 0 Å². The second-order valence-corrected chi connectivity index (χ2v) is 3.02. The molecule has 1 aromatic carbocycles. The molecular formula is C11H7NO3. The van der Waals surface area contributed by atoms with Gasteiger partial charge in [0.15, 0.2) is 6.29 Å². The molecule has 4 heteroatoms. The molecule has 0 aliphatic heterocycles. The molecule has 0 aliphatic rings. The summed E-state index contributed by atoms with van der Waals surface area (Å²) in [7, 11) is 0. The number of carboxylic acid groups (broad SMARTS) is 1. The predicted octanol–water partition coefficient (Wildman–Crippen LogP) is 1.75. The summed E-state index contributed by atoms with van der Waals surface area (Å²) in [5, 5.41) is 9.48. The number of aldehydes is 1. The van der Waals surface area contributed by atoms with Crippen molar-refractivity contribution in [3.8, 4) is 0 Å². The number of carboxylic acids is 1. The first-order valence-electron chi connectivity index (χ1n) is 4.30. The molecule has 0 saturated heterocycles. The Morgan fingerprint density at radius 3 is 2.80 bits per heavy atom. The van der Waals surface area contributed by atoms with Gasteiger partial charge in [0.25, 0.3) is 0 Å². The molecule has 1 heterocycles. The van der Waals surface area contributed by atoms with Crippen LogP contribution in [-0.4, -0.2) is 22.3 Å². The van der Waals surface area contributed by atoms with Crippen molar-refractivity contribution in [1.29, 1.82) is 0 Å². The van der Waals surface area contributed by atoms with Gasteiger partial charge in [-0.1, -0.05) is 12.1 Å². The Morgan fingerprint density at radius 2 is 2.13 bits per heavy atom. The molecule has 15 heavy (non-hydrogen) atoms. The number of rotatable bonds is 2. The smallest absolute Gasteiger partial charge is 0.337 e. The number of hydrogen-bond donors (Lipinski definition) is 1. The summed E-state index contributed by atoms with van der Waals surface area (Å²) in [6, 6.07) is 6.30. The van der Waals surface area contributed by atoms with Gasteiger partial charge in [-0.3, -0.25) is 9.78 Å². The van der Waals surface area contributed by atoms with E-state index in [0.29, 0.717) is 22.8 Å². The highest BCUT2D eigenvalue weighted by Crippen LogP contribution is 2.18. The van der Waals surface area contributed by atoms with E-state index < -0.39 is 5.97 Å². The number of pyridine rings is 1. The van der Waals surface area contributed by atoms with Gasteiger partial charge in [-0.05, 0) is 12.1 Å². The summed E-state index contributed by atoms with van der Waals surface area (Å²) in [4.78, 5) is 25.6. The van der Waals surface area contributed by atoms with Crippen LogP contribution in [0, 0.1) is 0 Å². The molecule has 0 spiro atoms. The molecule has 2 rings (SSSR count). The summed E-state index contributed by atoms with van der Waals surface area (Å²) < 4.78 is 0. The fourth-order valence-electron chi connectivity index (χ4n) is 1.47. The van der Waals surface area contributed by atoms with E-state index in [-0.39, 0.29) is 5.56 Å². The van der Waals surface area contributed by atoms with E-state index in [4.69, 9.17) is 5.11 Å². The standard InChI is InChI=1S/C11H7NO3/c13-6-7-4-5-12-10-8(7)2-1-3-9(10)11(14)15/h1-6H,(H,14,15). The molecule has 1 aromatic heterocycles. The molecule has 4 nitrogen and oxygen atoms in total. The Bertz CT molecular complexity index is 549. The predicted molar refractivity (Wildman–Crippen MR) is 54.1 cm³/mol. The third-order valence-corrected chi connectivity index (χ3v) is 2.16. The topological polar surface area (TPSA) is 67.3 Å². The minimum absolute atomic E-state index is 0.108. The number of hydrogen-bond acceptors (Lipinski definition) is 3. The van der Waals surface area contributed by atoms with Crippen LogP contribution in [-0.2, 0) is 0 Å². The van der Waals surface area contributed by atoms with E-state index in [2.05, 4.69) is 4.98 Å². The summed E-state index contributed by atoms with van der Waals surface area (Å²) in [5.41, 5.74) is 0.897. The van der Waals surface area contributed by atoms with Crippen LogP contribution >= 0.6 is 0 Å². The molecule has 0 bridgehead atoms. The average Bonchev–Trinajstić information content (AvgIpc) is 2.27. The number of benzene rings is 1. The van der Waals surface area contributed by atoms with Crippen molar-refractivity contribution < 1.29 is 14.7 Å². The second-order valence-electron chi connectivity index (χ2n) is 3.02. The van der Waals surface area contributed by atoms with E-state index in [9.17, 15) is 9.59 Å². The fourth-order valence-corrected chi connectivity index (χ4v) is 1.47. The van der Waals surface area contributed by atoms with Crippen molar-refractivity contribution >= 4 is 23.2 Å². The highest BCUT2D eigenvalue weighted by molar-refractivity contribution is 6.06. The first-order chi connectivity index (χ1) is 7.24. The summed E-state index contributed by atoms with van der Waals surface area (Å²) in [6.45, 7) is 0. The first kappa shape index (κ1) is 9.33.